The van der Waals surface area contributed by atoms with Crippen molar-refractivity contribution in [2.75, 3.05) is 13.1 Å². The molecule has 4 rings (SSSR count). The zero-order chi connectivity index (χ0) is 15.1. The molecule has 2 aromatic rings. The van der Waals surface area contributed by atoms with Crippen LogP contribution in [0.5, 0.6) is 0 Å². The Hall–Kier alpha value is -1.40. The summed E-state index contributed by atoms with van der Waals surface area (Å²) in [5, 5.41) is 11.2. The predicted octanol–water partition coefficient (Wildman–Crippen LogP) is 2.68. The number of aromatic nitrogens is 2. The maximum atomic E-state index is 12.6. The fourth-order valence-corrected chi connectivity index (χ4v) is 3.93. The quantitative estimate of drug-likeness (QED) is 0.863. The number of fused-ring (bicyclic) bond motifs is 2. The number of H-pyrrole nitrogens is 1. The van der Waals surface area contributed by atoms with E-state index in [1.807, 2.05) is 18.2 Å². The van der Waals surface area contributed by atoms with Crippen LogP contribution in [0, 0.1) is 0 Å². The van der Waals surface area contributed by atoms with Gasteiger partial charge in [0.05, 0.1) is 5.52 Å². The third-order valence-corrected chi connectivity index (χ3v) is 5.38. The van der Waals surface area contributed by atoms with Crippen LogP contribution in [0.4, 0.5) is 0 Å². The van der Waals surface area contributed by atoms with Gasteiger partial charge in [0.1, 0.15) is 0 Å². The molecule has 2 fully saturated rings. The number of aromatic amines is 1. The molecule has 22 heavy (non-hydrogen) atoms. The summed E-state index contributed by atoms with van der Waals surface area (Å²) in [6, 6.07) is 6.80. The smallest absolute Gasteiger partial charge is 0.272 e. The van der Waals surface area contributed by atoms with E-state index in [0.29, 0.717) is 5.69 Å². The third kappa shape index (κ3) is 2.54. The molecular formula is C16H19BrN4O. The van der Waals surface area contributed by atoms with E-state index < -0.39 is 0 Å². The number of nitrogens with zero attached hydrogens (tertiary/aromatic N) is 2. The zero-order valence-electron chi connectivity index (χ0n) is 12.3. The molecule has 1 aromatic heterocycles. The molecule has 3 heterocycles. The number of benzene rings is 1. The van der Waals surface area contributed by atoms with Gasteiger partial charge in [0.15, 0.2) is 5.69 Å². The molecule has 0 aliphatic carbocycles. The van der Waals surface area contributed by atoms with E-state index in [-0.39, 0.29) is 11.9 Å². The highest BCUT2D eigenvalue weighted by molar-refractivity contribution is 9.10. The van der Waals surface area contributed by atoms with Gasteiger partial charge in [-0.2, -0.15) is 5.10 Å². The first-order valence-electron chi connectivity index (χ1n) is 7.89. The number of carbonyl (C=O) groups is 1. The highest BCUT2D eigenvalue weighted by atomic mass is 79.9. The van der Waals surface area contributed by atoms with Gasteiger partial charge in [-0.1, -0.05) is 15.9 Å². The molecule has 2 aliphatic heterocycles. The fraction of sp³-hybridized carbons (Fsp3) is 0.500. The third-order valence-electron chi connectivity index (χ3n) is 4.89. The van der Waals surface area contributed by atoms with Crippen LogP contribution in [-0.2, 0) is 0 Å². The molecule has 1 aromatic carbocycles. The van der Waals surface area contributed by atoms with Gasteiger partial charge < -0.3 is 5.32 Å². The van der Waals surface area contributed by atoms with E-state index in [1.165, 1.54) is 25.8 Å². The maximum absolute atomic E-state index is 12.6. The highest BCUT2D eigenvalue weighted by Gasteiger charge is 2.33. The van der Waals surface area contributed by atoms with E-state index in [2.05, 4.69) is 36.3 Å². The Balaban J connectivity index is 1.52. The van der Waals surface area contributed by atoms with Crippen molar-refractivity contribution < 1.29 is 4.79 Å². The Bertz CT molecular complexity index is 713. The van der Waals surface area contributed by atoms with Crippen LogP contribution in [-0.4, -0.2) is 46.2 Å². The summed E-state index contributed by atoms with van der Waals surface area (Å²) in [5.41, 5.74) is 1.37. The Labute approximate surface area is 137 Å². The van der Waals surface area contributed by atoms with Crippen LogP contribution in [0.2, 0.25) is 0 Å². The van der Waals surface area contributed by atoms with Gasteiger partial charge in [0, 0.05) is 28.5 Å². The second-order valence-corrected chi connectivity index (χ2v) is 7.22. The lowest BCUT2D eigenvalue weighted by molar-refractivity contribution is 0.0787. The first kappa shape index (κ1) is 14.2. The van der Waals surface area contributed by atoms with E-state index in [4.69, 9.17) is 0 Å². The second kappa shape index (κ2) is 5.66. The van der Waals surface area contributed by atoms with Crippen molar-refractivity contribution in [3.63, 3.8) is 0 Å². The Kier molecular flexibility index (Phi) is 3.66. The molecule has 116 valence electrons. The minimum Gasteiger partial charge on any atom is -0.347 e. The summed E-state index contributed by atoms with van der Waals surface area (Å²) in [6.07, 6.45) is 4.84. The van der Waals surface area contributed by atoms with Crippen molar-refractivity contribution >= 4 is 32.7 Å². The number of amides is 1. The lowest BCUT2D eigenvalue weighted by Crippen LogP contribution is -2.52. The van der Waals surface area contributed by atoms with E-state index in [0.717, 1.165) is 34.4 Å². The first-order valence-corrected chi connectivity index (χ1v) is 8.68. The molecule has 2 atom stereocenters. The number of rotatable bonds is 2. The lowest BCUT2D eigenvalue weighted by Gasteiger charge is -2.40. The molecule has 0 bridgehead atoms. The highest BCUT2D eigenvalue weighted by Crippen LogP contribution is 2.27. The Morgan fingerprint density at radius 3 is 3.09 bits per heavy atom. The molecular weight excluding hydrogens is 344 g/mol. The van der Waals surface area contributed by atoms with Crippen LogP contribution in [0.3, 0.4) is 0 Å². The molecule has 2 N–H and O–H groups in total. The SMILES string of the molecule is O=C(N[C@H]1CCCC2CCN2C1)c1n[nH]c2ccc(Br)cc12. The number of carbonyl (C=O) groups excluding carboxylic acids is 1. The van der Waals surface area contributed by atoms with Gasteiger partial charge in [0.2, 0.25) is 0 Å². The molecule has 0 saturated carbocycles. The van der Waals surface area contributed by atoms with Crippen LogP contribution in [0.1, 0.15) is 36.2 Å². The molecule has 5 nitrogen and oxygen atoms in total. The summed E-state index contributed by atoms with van der Waals surface area (Å²) in [4.78, 5) is 15.1. The van der Waals surface area contributed by atoms with Crippen LogP contribution in [0.15, 0.2) is 22.7 Å². The average molecular weight is 363 g/mol. The fourth-order valence-electron chi connectivity index (χ4n) is 3.57. The van der Waals surface area contributed by atoms with Crippen molar-refractivity contribution in [2.45, 2.75) is 37.8 Å². The van der Waals surface area contributed by atoms with Gasteiger partial charge in [-0.05, 0) is 50.4 Å². The van der Waals surface area contributed by atoms with Gasteiger partial charge in [-0.25, -0.2) is 0 Å². The molecule has 0 spiro atoms. The van der Waals surface area contributed by atoms with Crippen molar-refractivity contribution in [3.8, 4) is 0 Å². The van der Waals surface area contributed by atoms with Crippen molar-refractivity contribution in [2.24, 2.45) is 0 Å². The van der Waals surface area contributed by atoms with Crippen molar-refractivity contribution in [1.82, 2.24) is 20.4 Å². The lowest BCUT2D eigenvalue weighted by atomic mass is 10.00. The predicted molar refractivity (Wildman–Crippen MR) is 88.9 cm³/mol. The maximum Gasteiger partial charge on any atom is 0.272 e. The van der Waals surface area contributed by atoms with Gasteiger partial charge in [-0.15, -0.1) is 0 Å². The second-order valence-electron chi connectivity index (χ2n) is 6.30. The Morgan fingerprint density at radius 2 is 2.27 bits per heavy atom. The number of hydrogen-bond donors (Lipinski definition) is 2. The molecule has 2 aliphatic rings. The number of halogens is 1. The largest absolute Gasteiger partial charge is 0.347 e. The minimum atomic E-state index is -0.0756. The van der Waals surface area contributed by atoms with Crippen LogP contribution in [0.25, 0.3) is 10.9 Å². The van der Waals surface area contributed by atoms with Crippen LogP contribution < -0.4 is 5.32 Å². The van der Waals surface area contributed by atoms with E-state index in [1.54, 1.807) is 0 Å². The molecule has 6 heteroatoms. The molecule has 1 amide bonds. The normalized spacial score (nSPS) is 25.3. The summed E-state index contributed by atoms with van der Waals surface area (Å²) < 4.78 is 0.952. The van der Waals surface area contributed by atoms with E-state index in [9.17, 15) is 4.79 Å². The van der Waals surface area contributed by atoms with Gasteiger partial charge in [0.25, 0.3) is 5.91 Å². The standard InChI is InChI=1S/C16H19BrN4O/c17-10-4-5-14-13(8-10)15(20-19-14)16(22)18-11-2-1-3-12-6-7-21(12)9-11/h4-5,8,11-12H,1-3,6-7,9H2,(H,18,22)(H,19,20)/t11-,12?/m0/s1. The Morgan fingerprint density at radius 1 is 1.36 bits per heavy atom. The summed E-state index contributed by atoms with van der Waals surface area (Å²) >= 11 is 3.45. The summed E-state index contributed by atoms with van der Waals surface area (Å²) in [6.45, 7) is 2.15. The molecule has 0 radical (unpaired) electrons. The monoisotopic (exact) mass is 362 g/mol. The van der Waals surface area contributed by atoms with Gasteiger partial charge in [-0.3, -0.25) is 14.8 Å². The topological polar surface area (TPSA) is 61.0 Å². The number of nitrogens with one attached hydrogen (secondary N) is 2. The summed E-state index contributed by atoms with van der Waals surface area (Å²) in [5.74, 6) is -0.0756. The van der Waals surface area contributed by atoms with Crippen molar-refractivity contribution in [3.05, 3.63) is 28.4 Å². The molecule has 2 saturated heterocycles. The van der Waals surface area contributed by atoms with Gasteiger partial charge >= 0.3 is 0 Å². The average Bonchev–Trinajstić information content (AvgIpc) is 2.84. The first-order chi connectivity index (χ1) is 10.7. The van der Waals surface area contributed by atoms with Crippen molar-refractivity contribution in [1.29, 1.82) is 0 Å². The van der Waals surface area contributed by atoms with E-state index >= 15 is 0 Å². The minimum absolute atomic E-state index is 0.0756. The zero-order valence-corrected chi connectivity index (χ0v) is 13.9. The number of hydrogen-bond acceptors (Lipinski definition) is 3. The summed E-state index contributed by atoms with van der Waals surface area (Å²) in [7, 11) is 0. The molecule has 1 unspecified atom stereocenters. The van der Waals surface area contributed by atoms with Crippen LogP contribution >= 0.6 is 15.9 Å².